The van der Waals surface area contributed by atoms with Gasteiger partial charge in [-0.3, -0.25) is 0 Å². The Hall–Kier alpha value is -2.36. The Morgan fingerprint density at radius 1 is 1.17 bits per heavy atom. The largest absolute Gasteiger partial charge is 0.478 e. The van der Waals surface area contributed by atoms with Crippen molar-refractivity contribution in [2.45, 2.75) is 6.92 Å². The van der Waals surface area contributed by atoms with E-state index in [9.17, 15) is 9.59 Å². The Morgan fingerprint density at radius 2 is 1.61 bits per heavy atom. The predicted molar refractivity (Wildman–Crippen MR) is 69.9 cm³/mol. The summed E-state index contributed by atoms with van der Waals surface area (Å²) in [5.74, 6) is -1.32. The van der Waals surface area contributed by atoms with Gasteiger partial charge in [0.15, 0.2) is 0 Å². The summed E-state index contributed by atoms with van der Waals surface area (Å²) in [5.41, 5.74) is 1.36. The van der Waals surface area contributed by atoms with Crippen LogP contribution in [0.4, 0.5) is 0 Å². The Kier molecular flexibility index (Phi) is 6.81. The molecule has 0 amide bonds. The fourth-order valence-electron chi connectivity index (χ4n) is 0.880. The maximum atomic E-state index is 11.0. The Morgan fingerprint density at radius 3 is 1.94 bits per heavy atom. The standard InChI is InChI=1S/C10H10O2.C4H6O2/c1-8(10(11)12-2)9-6-4-3-5-7-9;1-3(2)4(5)6/h3-7H,1H2,2H3;1H2,2H3,(H,5,6). The van der Waals surface area contributed by atoms with Gasteiger partial charge in [0, 0.05) is 5.57 Å². The fraction of sp³-hybridized carbons (Fsp3) is 0.143. The third-order valence-electron chi connectivity index (χ3n) is 1.92. The number of methoxy groups -OCH3 is 1. The molecule has 1 aromatic carbocycles. The molecule has 0 aliphatic carbocycles. The lowest BCUT2D eigenvalue weighted by Gasteiger charge is -2.01. The van der Waals surface area contributed by atoms with Gasteiger partial charge in [-0.05, 0) is 12.5 Å². The number of ether oxygens (including phenoxy) is 1. The second kappa shape index (κ2) is 7.84. The van der Waals surface area contributed by atoms with Crippen LogP contribution < -0.4 is 0 Å². The van der Waals surface area contributed by atoms with Gasteiger partial charge in [0.1, 0.15) is 0 Å². The minimum atomic E-state index is -0.935. The number of hydrogen-bond acceptors (Lipinski definition) is 3. The number of carbonyl (C=O) groups is 2. The van der Waals surface area contributed by atoms with Crippen LogP contribution >= 0.6 is 0 Å². The Bertz CT molecular complexity index is 434. The molecule has 0 bridgehead atoms. The highest BCUT2D eigenvalue weighted by atomic mass is 16.5. The second-order valence-corrected chi connectivity index (χ2v) is 3.42. The molecule has 0 aromatic heterocycles. The first-order chi connectivity index (χ1) is 8.40. The SMILES string of the molecule is C=C(C(=O)OC)c1ccccc1.C=C(C)C(=O)O. The summed E-state index contributed by atoms with van der Waals surface area (Å²) in [6, 6.07) is 9.22. The first kappa shape index (κ1) is 15.6. The highest BCUT2D eigenvalue weighted by molar-refractivity contribution is 6.15. The number of aliphatic carboxylic acids is 1. The number of carbonyl (C=O) groups excluding carboxylic acids is 1. The molecular formula is C14H16O4. The van der Waals surface area contributed by atoms with Crippen LogP contribution in [-0.4, -0.2) is 24.2 Å². The predicted octanol–water partition coefficient (Wildman–Crippen LogP) is 2.52. The van der Waals surface area contributed by atoms with E-state index in [1.807, 2.05) is 30.3 Å². The number of esters is 1. The molecule has 0 radical (unpaired) electrons. The monoisotopic (exact) mass is 248 g/mol. The zero-order valence-electron chi connectivity index (χ0n) is 10.5. The first-order valence-electron chi connectivity index (χ1n) is 5.11. The zero-order chi connectivity index (χ0) is 14.1. The second-order valence-electron chi connectivity index (χ2n) is 3.42. The van der Waals surface area contributed by atoms with Gasteiger partial charge in [0.05, 0.1) is 12.7 Å². The molecule has 4 heteroatoms. The van der Waals surface area contributed by atoms with Crippen LogP contribution in [0.15, 0.2) is 49.1 Å². The molecule has 0 saturated carbocycles. The van der Waals surface area contributed by atoms with Gasteiger partial charge in [-0.25, -0.2) is 9.59 Å². The third-order valence-corrected chi connectivity index (χ3v) is 1.92. The Balaban J connectivity index is 0.000000411. The van der Waals surface area contributed by atoms with Gasteiger partial charge in [-0.1, -0.05) is 43.5 Å². The molecular weight excluding hydrogens is 232 g/mol. The van der Waals surface area contributed by atoms with Crippen LogP contribution in [0.2, 0.25) is 0 Å². The van der Waals surface area contributed by atoms with Crippen molar-refractivity contribution in [2.24, 2.45) is 0 Å². The third kappa shape index (κ3) is 5.65. The molecule has 18 heavy (non-hydrogen) atoms. The lowest BCUT2D eigenvalue weighted by atomic mass is 10.1. The van der Waals surface area contributed by atoms with E-state index >= 15 is 0 Å². The van der Waals surface area contributed by atoms with Gasteiger partial charge >= 0.3 is 11.9 Å². The lowest BCUT2D eigenvalue weighted by molar-refractivity contribution is -0.134. The topological polar surface area (TPSA) is 63.6 Å². The van der Waals surface area contributed by atoms with Gasteiger partial charge in [0.25, 0.3) is 0 Å². The van der Waals surface area contributed by atoms with Crippen molar-refractivity contribution in [3.8, 4) is 0 Å². The van der Waals surface area contributed by atoms with Crippen LogP contribution in [0.25, 0.3) is 5.57 Å². The number of carboxylic acids is 1. The molecule has 1 N–H and O–H groups in total. The fourth-order valence-corrected chi connectivity index (χ4v) is 0.880. The number of rotatable bonds is 3. The molecule has 1 rings (SSSR count). The summed E-state index contributed by atoms with van der Waals surface area (Å²) in [6.45, 7) is 8.22. The van der Waals surface area contributed by atoms with Gasteiger partial charge in [-0.2, -0.15) is 0 Å². The summed E-state index contributed by atoms with van der Waals surface area (Å²) >= 11 is 0. The summed E-state index contributed by atoms with van der Waals surface area (Å²) < 4.78 is 4.53. The summed E-state index contributed by atoms with van der Waals surface area (Å²) in [7, 11) is 1.34. The molecule has 0 aliphatic heterocycles. The molecule has 0 spiro atoms. The van der Waals surface area contributed by atoms with E-state index in [4.69, 9.17) is 5.11 Å². The van der Waals surface area contributed by atoms with E-state index in [1.54, 1.807) is 0 Å². The van der Waals surface area contributed by atoms with E-state index in [-0.39, 0.29) is 11.5 Å². The van der Waals surface area contributed by atoms with Crippen molar-refractivity contribution < 1.29 is 19.4 Å². The average molecular weight is 248 g/mol. The van der Waals surface area contributed by atoms with Crippen LogP contribution in [0.1, 0.15) is 12.5 Å². The zero-order valence-corrected chi connectivity index (χ0v) is 10.5. The van der Waals surface area contributed by atoms with Crippen LogP contribution in [-0.2, 0) is 14.3 Å². The maximum absolute atomic E-state index is 11.0. The molecule has 0 heterocycles. The van der Waals surface area contributed by atoms with Gasteiger partial charge < -0.3 is 9.84 Å². The normalized spacial score (nSPS) is 8.56. The molecule has 4 nitrogen and oxygen atoms in total. The summed E-state index contributed by atoms with van der Waals surface area (Å²) in [5, 5.41) is 7.89. The molecule has 0 unspecified atom stereocenters. The van der Waals surface area contributed by atoms with Crippen molar-refractivity contribution in [3.63, 3.8) is 0 Å². The number of hydrogen-bond donors (Lipinski definition) is 1. The highest BCUT2D eigenvalue weighted by Gasteiger charge is 2.07. The number of carboxylic acid groups (broad SMARTS) is 1. The van der Waals surface area contributed by atoms with E-state index in [0.29, 0.717) is 5.57 Å². The van der Waals surface area contributed by atoms with E-state index in [2.05, 4.69) is 17.9 Å². The molecule has 96 valence electrons. The minimum Gasteiger partial charge on any atom is -0.478 e. The Labute approximate surface area is 106 Å². The van der Waals surface area contributed by atoms with E-state index in [1.165, 1.54) is 14.0 Å². The average Bonchev–Trinajstić information content (AvgIpc) is 2.38. The molecule has 0 saturated heterocycles. The maximum Gasteiger partial charge on any atom is 0.337 e. The van der Waals surface area contributed by atoms with Crippen molar-refractivity contribution in [3.05, 3.63) is 54.6 Å². The van der Waals surface area contributed by atoms with Gasteiger partial charge in [0.2, 0.25) is 0 Å². The van der Waals surface area contributed by atoms with Crippen molar-refractivity contribution in [1.82, 2.24) is 0 Å². The molecule has 0 atom stereocenters. The van der Waals surface area contributed by atoms with Crippen molar-refractivity contribution in [2.75, 3.05) is 7.11 Å². The van der Waals surface area contributed by atoms with Crippen molar-refractivity contribution >= 4 is 17.5 Å². The first-order valence-corrected chi connectivity index (χ1v) is 5.11. The number of benzene rings is 1. The van der Waals surface area contributed by atoms with E-state index in [0.717, 1.165) is 5.56 Å². The molecule has 0 fully saturated rings. The molecule has 1 aromatic rings. The lowest BCUT2D eigenvalue weighted by Crippen LogP contribution is -2.01. The van der Waals surface area contributed by atoms with Gasteiger partial charge in [-0.15, -0.1) is 0 Å². The van der Waals surface area contributed by atoms with E-state index < -0.39 is 5.97 Å². The minimum absolute atomic E-state index is 0.176. The summed E-state index contributed by atoms with van der Waals surface area (Å²) in [6.07, 6.45) is 0. The van der Waals surface area contributed by atoms with Crippen LogP contribution in [0.5, 0.6) is 0 Å². The summed E-state index contributed by atoms with van der Waals surface area (Å²) in [4.78, 5) is 20.6. The highest BCUT2D eigenvalue weighted by Crippen LogP contribution is 2.12. The van der Waals surface area contributed by atoms with Crippen LogP contribution in [0.3, 0.4) is 0 Å². The molecule has 0 aliphatic rings. The van der Waals surface area contributed by atoms with Crippen molar-refractivity contribution in [1.29, 1.82) is 0 Å². The quantitative estimate of drug-likeness (QED) is 0.659. The smallest absolute Gasteiger partial charge is 0.337 e. The van der Waals surface area contributed by atoms with Crippen LogP contribution in [0, 0.1) is 0 Å².